The lowest BCUT2D eigenvalue weighted by Crippen LogP contribution is -2.03. The molecule has 1 aliphatic carbocycles. The van der Waals surface area contributed by atoms with Crippen molar-refractivity contribution in [1.82, 2.24) is 0 Å². The van der Waals surface area contributed by atoms with E-state index in [4.69, 9.17) is 18.0 Å². The third kappa shape index (κ3) is 1.49. The topological polar surface area (TPSA) is 0 Å². The van der Waals surface area contributed by atoms with Gasteiger partial charge >= 0.3 is 0 Å². The molecule has 0 amide bonds. The average molecular weight is 256 g/mol. The van der Waals surface area contributed by atoms with Crippen molar-refractivity contribution < 1.29 is 0 Å². The van der Waals surface area contributed by atoms with E-state index in [0.717, 1.165) is 22.3 Å². The number of rotatable bonds is 1. The largest absolute Gasteiger partial charge is 0.119 e. The van der Waals surface area contributed by atoms with Gasteiger partial charge in [0.1, 0.15) is 0 Å². The fourth-order valence-corrected chi connectivity index (χ4v) is 2.56. The van der Waals surface area contributed by atoms with E-state index in [1.54, 1.807) is 0 Å². The Hall–Kier alpha value is -0.450. The summed E-state index contributed by atoms with van der Waals surface area (Å²) in [5, 5.41) is 0.739. The maximum Gasteiger partial charge on any atom is 0.0572 e. The van der Waals surface area contributed by atoms with Crippen LogP contribution in [0, 0.1) is 12.3 Å². The predicted molar refractivity (Wildman–Crippen MR) is 58.9 cm³/mol. The molecule has 0 saturated heterocycles. The average Bonchev–Trinajstić information content (AvgIpc) is 2.85. The van der Waals surface area contributed by atoms with Crippen LogP contribution in [0.5, 0.6) is 0 Å². The van der Waals surface area contributed by atoms with E-state index in [1.807, 2.05) is 18.2 Å². The highest BCUT2D eigenvalue weighted by Crippen LogP contribution is 2.50. The minimum absolute atomic E-state index is 0.0105. The highest BCUT2D eigenvalue weighted by atomic mass is 79.9. The smallest absolute Gasteiger partial charge is 0.0572 e. The minimum Gasteiger partial charge on any atom is -0.119 e. The third-order valence-corrected chi connectivity index (χ3v) is 3.36. The van der Waals surface area contributed by atoms with Gasteiger partial charge in [0.15, 0.2) is 0 Å². The Bertz CT molecular complexity index is 386. The SMILES string of the molecule is C#CC1(c2ccc(Cl)cc2Br)CC1. The lowest BCUT2D eigenvalue weighted by atomic mass is 9.97. The molecule has 1 aromatic carbocycles. The van der Waals surface area contributed by atoms with Crippen molar-refractivity contribution in [1.29, 1.82) is 0 Å². The van der Waals surface area contributed by atoms with Crippen LogP contribution in [0.4, 0.5) is 0 Å². The van der Waals surface area contributed by atoms with Crippen LogP contribution in [-0.2, 0) is 5.41 Å². The van der Waals surface area contributed by atoms with Crippen LogP contribution in [0.25, 0.3) is 0 Å². The van der Waals surface area contributed by atoms with Crippen molar-refractivity contribution in [3.05, 3.63) is 33.3 Å². The van der Waals surface area contributed by atoms with Gasteiger partial charge in [-0.1, -0.05) is 39.5 Å². The third-order valence-electron chi connectivity index (χ3n) is 2.47. The second kappa shape index (κ2) is 3.04. The molecule has 66 valence electrons. The van der Waals surface area contributed by atoms with Gasteiger partial charge in [0, 0.05) is 9.50 Å². The molecule has 0 radical (unpaired) electrons. The molecule has 2 rings (SSSR count). The van der Waals surface area contributed by atoms with Crippen molar-refractivity contribution >= 4 is 27.5 Å². The molecule has 1 saturated carbocycles. The van der Waals surface area contributed by atoms with Crippen LogP contribution in [0.2, 0.25) is 5.02 Å². The van der Waals surface area contributed by atoms with Crippen molar-refractivity contribution in [2.45, 2.75) is 18.3 Å². The molecule has 0 heterocycles. The monoisotopic (exact) mass is 254 g/mol. The zero-order chi connectivity index (χ0) is 9.47. The summed E-state index contributed by atoms with van der Waals surface area (Å²) in [5.41, 5.74) is 1.18. The van der Waals surface area contributed by atoms with Gasteiger partial charge in [-0.2, -0.15) is 0 Å². The van der Waals surface area contributed by atoms with Crippen LogP contribution in [0.15, 0.2) is 22.7 Å². The molecule has 1 aromatic rings. The molecular weight excluding hydrogens is 247 g/mol. The van der Waals surface area contributed by atoms with E-state index in [-0.39, 0.29) is 5.41 Å². The standard InChI is InChI=1S/C11H8BrCl/c1-2-11(5-6-11)9-4-3-8(13)7-10(9)12/h1,3-4,7H,5-6H2. The quantitative estimate of drug-likeness (QED) is 0.670. The highest BCUT2D eigenvalue weighted by molar-refractivity contribution is 9.10. The van der Waals surface area contributed by atoms with E-state index < -0.39 is 0 Å². The zero-order valence-corrected chi connectivity index (χ0v) is 9.32. The normalized spacial score (nSPS) is 17.9. The first-order chi connectivity index (χ1) is 6.18. The molecule has 1 fully saturated rings. The first kappa shape index (κ1) is 9.12. The lowest BCUT2D eigenvalue weighted by Gasteiger charge is -2.10. The number of hydrogen-bond acceptors (Lipinski definition) is 0. The Morgan fingerprint density at radius 1 is 1.46 bits per heavy atom. The number of hydrogen-bond donors (Lipinski definition) is 0. The van der Waals surface area contributed by atoms with Crippen LogP contribution in [0.1, 0.15) is 18.4 Å². The van der Waals surface area contributed by atoms with E-state index >= 15 is 0 Å². The van der Waals surface area contributed by atoms with Crippen LogP contribution < -0.4 is 0 Å². The summed E-state index contributed by atoms with van der Waals surface area (Å²) >= 11 is 9.33. The molecule has 0 bridgehead atoms. The zero-order valence-electron chi connectivity index (χ0n) is 6.98. The summed E-state index contributed by atoms with van der Waals surface area (Å²) in [4.78, 5) is 0. The Kier molecular flexibility index (Phi) is 2.14. The van der Waals surface area contributed by atoms with Gasteiger partial charge in [-0.15, -0.1) is 6.42 Å². The first-order valence-electron chi connectivity index (χ1n) is 4.11. The Morgan fingerprint density at radius 3 is 2.62 bits per heavy atom. The first-order valence-corrected chi connectivity index (χ1v) is 5.28. The summed E-state index contributed by atoms with van der Waals surface area (Å²) in [6.45, 7) is 0. The molecule has 0 nitrogen and oxygen atoms in total. The van der Waals surface area contributed by atoms with Crippen LogP contribution in [-0.4, -0.2) is 0 Å². The summed E-state index contributed by atoms with van der Waals surface area (Å²) in [6.07, 6.45) is 7.68. The molecular formula is C11H8BrCl. The molecule has 0 spiro atoms. The van der Waals surface area contributed by atoms with Gasteiger partial charge in [-0.3, -0.25) is 0 Å². The molecule has 2 heteroatoms. The predicted octanol–water partition coefficient (Wildman–Crippen LogP) is 3.77. The molecule has 13 heavy (non-hydrogen) atoms. The maximum absolute atomic E-state index is 5.85. The molecule has 0 atom stereocenters. The fourth-order valence-electron chi connectivity index (χ4n) is 1.49. The highest BCUT2D eigenvalue weighted by Gasteiger charge is 2.43. The van der Waals surface area contributed by atoms with Gasteiger partial charge < -0.3 is 0 Å². The molecule has 0 unspecified atom stereocenters. The summed E-state index contributed by atoms with van der Waals surface area (Å²) in [5.74, 6) is 2.86. The van der Waals surface area contributed by atoms with E-state index in [2.05, 4.69) is 21.9 Å². The fraction of sp³-hybridized carbons (Fsp3) is 0.273. The molecule has 1 aliphatic rings. The molecule has 0 aliphatic heterocycles. The summed E-state index contributed by atoms with van der Waals surface area (Å²) < 4.78 is 1.02. The van der Waals surface area contributed by atoms with Crippen molar-refractivity contribution in [2.75, 3.05) is 0 Å². The second-order valence-corrected chi connectivity index (χ2v) is 4.64. The summed E-state index contributed by atoms with van der Waals surface area (Å²) in [6, 6.07) is 5.80. The van der Waals surface area contributed by atoms with Gasteiger partial charge in [-0.05, 0) is 30.5 Å². The Morgan fingerprint density at radius 2 is 2.15 bits per heavy atom. The lowest BCUT2D eigenvalue weighted by molar-refractivity contribution is 0.923. The van der Waals surface area contributed by atoms with Crippen molar-refractivity contribution in [3.8, 4) is 12.3 Å². The van der Waals surface area contributed by atoms with Crippen molar-refractivity contribution in [2.24, 2.45) is 0 Å². The van der Waals surface area contributed by atoms with E-state index in [0.29, 0.717) is 0 Å². The van der Waals surface area contributed by atoms with Crippen LogP contribution in [0.3, 0.4) is 0 Å². The summed E-state index contributed by atoms with van der Waals surface area (Å²) in [7, 11) is 0. The Balaban J connectivity index is 2.48. The molecule has 0 N–H and O–H groups in total. The minimum atomic E-state index is -0.0105. The Labute approximate surface area is 91.4 Å². The van der Waals surface area contributed by atoms with Gasteiger partial charge in [0.2, 0.25) is 0 Å². The van der Waals surface area contributed by atoms with Gasteiger partial charge in [-0.25, -0.2) is 0 Å². The second-order valence-electron chi connectivity index (χ2n) is 3.35. The number of benzene rings is 1. The maximum atomic E-state index is 5.85. The molecule has 0 aromatic heterocycles. The van der Waals surface area contributed by atoms with Crippen LogP contribution >= 0.6 is 27.5 Å². The van der Waals surface area contributed by atoms with Gasteiger partial charge in [0.05, 0.1) is 5.41 Å². The van der Waals surface area contributed by atoms with E-state index in [9.17, 15) is 0 Å². The number of halogens is 2. The van der Waals surface area contributed by atoms with Gasteiger partial charge in [0.25, 0.3) is 0 Å². The van der Waals surface area contributed by atoms with E-state index in [1.165, 1.54) is 5.56 Å². The number of terminal acetylenes is 1. The van der Waals surface area contributed by atoms with Crippen molar-refractivity contribution in [3.63, 3.8) is 0 Å².